The highest BCUT2D eigenvalue weighted by molar-refractivity contribution is 5.28. The molecule has 144 valence electrons. The third kappa shape index (κ3) is 4.44. The van der Waals surface area contributed by atoms with Crippen molar-refractivity contribution < 1.29 is 32.3 Å². The van der Waals surface area contributed by atoms with Gasteiger partial charge in [0.15, 0.2) is 11.9 Å². The fourth-order valence-electron chi connectivity index (χ4n) is 2.46. The Morgan fingerprint density at radius 2 is 2.00 bits per heavy atom. The molecule has 2 aromatic heterocycles. The van der Waals surface area contributed by atoms with Gasteiger partial charge in [0.25, 0.3) is 0 Å². The van der Waals surface area contributed by atoms with Gasteiger partial charge in [-0.3, -0.25) is 10.00 Å². The number of aromatic nitrogens is 3. The molecule has 0 aliphatic heterocycles. The van der Waals surface area contributed by atoms with Crippen molar-refractivity contribution in [1.82, 2.24) is 20.3 Å². The summed E-state index contributed by atoms with van der Waals surface area (Å²) in [4.78, 5) is 1.29. The van der Waals surface area contributed by atoms with Gasteiger partial charge >= 0.3 is 6.18 Å². The number of hydrogen-bond donors (Lipinski definition) is 3. The summed E-state index contributed by atoms with van der Waals surface area (Å²) in [5.74, 6) is -0.996. The van der Waals surface area contributed by atoms with E-state index in [2.05, 4.69) is 15.4 Å². The Bertz CT molecular complexity index is 895. The highest BCUT2D eigenvalue weighted by Gasteiger charge is 2.35. The number of H-pyrrole nitrogens is 1. The standard InChI is InChI=1S/C16H14F4N4O3/c17-12-3-11(25)2-1-10(12)7-24(6-9-5-21-27-8-9)15(26)13-4-14(23-22-13)16(18,19)20/h1-5,8,15,25-26H,6-7H2,(H,22,23). The van der Waals surface area contributed by atoms with E-state index in [1.54, 1.807) is 0 Å². The summed E-state index contributed by atoms with van der Waals surface area (Å²) in [5.41, 5.74) is -0.752. The van der Waals surface area contributed by atoms with Gasteiger partial charge in [-0.05, 0) is 12.1 Å². The monoisotopic (exact) mass is 386 g/mol. The molecule has 1 atom stereocenters. The number of phenols is 1. The van der Waals surface area contributed by atoms with Crippen molar-refractivity contribution in [3.05, 3.63) is 65.1 Å². The Morgan fingerprint density at radius 1 is 1.22 bits per heavy atom. The molecule has 0 aliphatic rings. The van der Waals surface area contributed by atoms with Crippen molar-refractivity contribution in [2.75, 3.05) is 0 Å². The molecule has 1 unspecified atom stereocenters. The van der Waals surface area contributed by atoms with Gasteiger partial charge in [-0.2, -0.15) is 18.3 Å². The van der Waals surface area contributed by atoms with Crippen LogP contribution in [-0.4, -0.2) is 30.5 Å². The number of benzene rings is 1. The van der Waals surface area contributed by atoms with Gasteiger partial charge in [-0.15, -0.1) is 0 Å². The number of aliphatic hydroxyl groups excluding tert-OH is 1. The van der Waals surface area contributed by atoms with E-state index in [4.69, 9.17) is 4.52 Å². The molecule has 2 heterocycles. The lowest BCUT2D eigenvalue weighted by Gasteiger charge is -2.26. The predicted molar refractivity (Wildman–Crippen MR) is 82.4 cm³/mol. The lowest BCUT2D eigenvalue weighted by molar-refractivity contribution is -0.141. The largest absolute Gasteiger partial charge is 0.508 e. The molecule has 7 nitrogen and oxygen atoms in total. The zero-order valence-corrected chi connectivity index (χ0v) is 13.6. The van der Waals surface area contributed by atoms with Gasteiger partial charge in [-0.1, -0.05) is 11.2 Å². The summed E-state index contributed by atoms with van der Waals surface area (Å²) >= 11 is 0. The first-order valence-corrected chi connectivity index (χ1v) is 7.64. The third-order valence-electron chi connectivity index (χ3n) is 3.79. The quantitative estimate of drug-likeness (QED) is 0.445. The molecule has 3 aromatic rings. The van der Waals surface area contributed by atoms with Crippen LogP contribution in [-0.2, 0) is 19.3 Å². The fraction of sp³-hybridized carbons (Fsp3) is 0.250. The predicted octanol–water partition coefficient (Wildman–Crippen LogP) is 2.95. The van der Waals surface area contributed by atoms with Crippen LogP contribution in [0, 0.1) is 5.82 Å². The summed E-state index contributed by atoms with van der Waals surface area (Å²) in [6.07, 6.45) is -3.56. The van der Waals surface area contributed by atoms with E-state index in [1.165, 1.54) is 29.5 Å². The lowest BCUT2D eigenvalue weighted by atomic mass is 10.1. The molecular weight excluding hydrogens is 372 g/mol. The summed E-state index contributed by atoms with van der Waals surface area (Å²) in [6, 6.07) is 4.15. The van der Waals surface area contributed by atoms with Crippen LogP contribution in [0.2, 0.25) is 0 Å². The molecule has 27 heavy (non-hydrogen) atoms. The summed E-state index contributed by atoms with van der Waals surface area (Å²) in [5, 5.41) is 28.6. The molecule has 0 fully saturated rings. The van der Waals surface area contributed by atoms with Crippen LogP contribution >= 0.6 is 0 Å². The summed E-state index contributed by atoms with van der Waals surface area (Å²) in [7, 11) is 0. The number of nitrogens with one attached hydrogen (secondary N) is 1. The van der Waals surface area contributed by atoms with Crippen molar-refractivity contribution in [3.8, 4) is 5.75 Å². The van der Waals surface area contributed by atoms with Gasteiger partial charge in [0.1, 0.15) is 17.8 Å². The Hall–Kier alpha value is -2.92. The van der Waals surface area contributed by atoms with Gasteiger partial charge < -0.3 is 14.7 Å². The van der Waals surface area contributed by atoms with Crippen LogP contribution < -0.4 is 0 Å². The number of phenolic OH excluding ortho intramolecular Hbond substituents is 1. The summed E-state index contributed by atoms with van der Waals surface area (Å²) in [6.45, 7) is -0.163. The maximum atomic E-state index is 14.0. The number of hydrogen-bond acceptors (Lipinski definition) is 6. The van der Waals surface area contributed by atoms with Crippen molar-refractivity contribution in [3.63, 3.8) is 0 Å². The fourth-order valence-corrected chi connectivity index (χ4v) is 2.46. The number of halogens is 4. The van der Waals surface area contributed by atoms with Gasteiger partial charge in [0.2, 0.25) is 0 Å². The highest BCUT2D eigenvalue weighted by atomic mass is 19.4. The lowest BCUT2D eigenvalue weighted by Crippen LogP contribution is -2.28. The molecule has 0 saturated carbocycles. The SMILES string of the molecule is Oc1ccc(CN(Cc2cnoc2)C(O)c2cc(C(F)(F)F)n[nH]2)c(F)c1. The molecule has 0 amide bonds. The minimum Gasteiger partial charge on any atom is -0.508 e. The minimum atomic E-state index is -4.67. The first-order valence-electron chi connectivity index (χ1n) is 7.64. The number of aliphatic hydroxyl groups is 1. The maximum absolute atomic E-state index is 14.0. The van der Waals surface area contributed by atoms with Crippen LogP contribution in [0.15, 0.2) is 41.2 Å². The molecule has 0 radical (unpaired) electrons. The molecule has 3 N–H and O–H groups in total. The second-order valence-corrected chi connectivity index (χ2v) is 5.79. The normalized spacial score (nSPS) is 13.3. The molecule has 0 saturated heterocycles. The van der Waals surface area contributed by atoms with Crippen LogP contribution in [0.1, 0.15) is 28.7 Å². The molecular formula is C16H14F4N4O3. The van der Waals surface area contributed by atoms with E-state index in [1.807, 2.05) is 0 Å². The number of nitrogens with zero attached hydrogens (tertiary/aromatic N) is 3. The van der Waals surface area contributed by atoms with Crippen LogP contribution in [0.4, 0.5) is 17.6 Å². The van der Waals surface area contributed by atoms with Crippen LogP contribution in [0.25, 0.3) is 0 Å². The van der Waals surface area contributed by atoms with E-state index < -0.39 is 23.9 Å². The van der Waals surface area contributed by atoms with Crippen LogP contribution in [0.3, 0.4) is 0 Å². The smallest absolute Gasteiger partial charge is 0.435 e. The molecule has 11 heteroatoms. The summed E-state index contributed by atoms with van der Waals surface area (Å²) < 4.78 is 57.0. The molecule has 0 spiro atoms. The van der Waals surface area contributed by atoms with Crippen LogP contribution in [0.5, 0.6) is 5.75 Å². The van der Waals surface area contributed by atoms with Gasteiger partial charge in [0.05, 0.1) is 11.9 Å². The molecule has 0 bridgehead atoms. The minimum absolute atomic E-state index is 0.00531. The van der Waals surface area contributed by atoms with E-state index in [9.17, 15) is 27.8 Å². The second-order valence-electron chi connectivity index (χ2n) is 5.79. The Balaban J connectivity index is 1.87. The van der Waals surface area contributed by atoms with E-state index in [0.717, 1.165) is 6.07 Å². The Labute approximate surface area is 149 Å². The third-order valence-corrected chi connectivity index (χ3v) is 3.79. The zero-order chi connectivity index (χ0) is 19.6. The topological polar surface area (TPSA) is 98.4 Å². The van der Waals surface area contributed by atoms with Gasteiger partial charge in [-0.25, -0.2) is 4.39 Å². The van der Waals surface area contributed by atoms with Crippen molar-refractivity contribution in [2.24, 2.45) is 0 Å². The Kier molecular flexibility index (Phi) is 5.15. The zero-order valence-electron chi connectivity index (χ0n) is 13.6. The van der Waals surface area contributed by atoms with E-state index in [-0.39, 0.29) is 30.1 Å². The van der Waals surface area contributed by atoms with E-state index >= 15 is 0 Å². The second kappa shape index (κ2) is 7.37. The first kappa shape index (κ1) is 18.9. The van der Waals surface area contributed by atoms with Crippen molar-refractivity contribution in [2.45, 2.75) is 25.5 Å². The number of alkyl halides is 3. The number of rotatable bonds is 6. The molecule has 3 rings (SSSR count). The van der Waals surface area contributed by atoms with Crippen molar-refractivity contribution in [1.29, 1.82) is 0 Å². The van der Waals surface area contributed by atoms with Crippen molar-refractivity contribution >= 4 is 0 Å². The average Bonchev–Trinajstić information content (AvgIpc) is 3.26. The van der Waals surface area contributed by atoms with E-state index in [0.29, 0.717) is 11.6 Å². The first-order chi connectivity index (χ1) is 12.7. The number of aromatic amines is 1. The average molecular weight is 386 g/mol. The number of aromatic hydroxyl groups is 1. The molecule has 0 aliphatic carbocycles. The Morgan fingerprint density at radius 3 is 2.59 bits per heavy atom. The van der Waals surface area contributed by atoms with Gasteiger partial charge in [0, 0.05) is 30.3 Å². The maximum Gasteiger partial charge on any atom is 0.435 e. The highest BCUT2D eigenvalue weighted by Crippen LogP contribution is 2.30. The molecule has 1 aromatic carbocycles.